The SMILES string of the molecule is CCCCNC(=NC)NCc1cccc(C(=O)NC(C)CC)c1.I. The van der Waals surface area contributed by atoms with E-state index in [2.05, 4.69) is 34.8 Å². The number of rotatable bonds is 8. The molecule has 0 saturated carbocycles. The van der Waals surface area contributed by atoms with Crippen LogP contribution < -0.4 is 16.0 Å². The molecule has 24 heavy (non-hydrogen) atoms. The number of guanidine groups is 1. The number of hydrogen-bond acceptors (Lipinski definition) is 2. The minimum absolute atomic E-state index is 0. The van der Waals surface area contributed by atoms with Gasteiger partial charge in [-0.1, -0.05) is 32.4 Å². The first-order chi connectivity index (χ1) is 11.1. The van der Waals surface area contributed by atoms with E-state index < -0.39 is 0 Å². The first-order valence-corrected chi connectivity index (χ1v) is 8.45. The summed E-state index contributed by atoms with van der Waals surface area (Å²) in [4.78, 5) is 16.4. The molecule has 0 radical (unpaired) electrons. The van der Waals surface area contributed by atoms with E-state index in [1.54, 1.807) is 7.05 Å². The van der Waals surface area contributed by atoms with Gasteiger partial charge in [0.2, 0.25) is 0 Å². The van der Waals surface area contributed by atoms with Crippen LogP contribution in [0.2, 0.25) is 0 Å². The second kappa shape index (κ2) is 13.0. The summed E-state index contributed by atoms with van der Waals surface area (Å²) in [6, 6.07) is 7.87. The molecule has 1 rings (SSSR count). The van der Waals surface area contributed by atoms with Gasteiger partial charge in [-0.15, -0.1) is 24.0 Å². The van der Waals surface area contributed by atoms with Crippen molar-refractivity contribution in [2.45, 2.75) is 52.6 Å². The van der Waals surface area contributed by atoms with Crippen LogP contribution in [0, 0.1) is 0 Å². The van der Waals surface area contributed by atoms with Crippen LogP contribution in [0.5, 0.6) is 0 Å². The van der Waals surface area contributed by atoms with Crippen molar-refractivity contribution in [2.75, 3.05) is 13.6 Å². The summed E-state index contributed by atoms with van der Waals surface area (Å²) in [6.45, 7) is 7.77. The minimum atomic E-state index is -0.0216. The average Bonchev–Trinajstić information content (AvgIpc) is 2.58. The first kappa shape index (κ1) is 22.7. The van der Waals surface area contributed by atoms with Gasteiger partial charge in [0.1, 0.15) is 0 Å². The molecule has 1 amide bonds. The van der Waals surface area contributed by atoms with E-state index in [4.69, 9.17) is 0 Å². The fourth-order valence-corrected chi connectivity index (χ4v) is 2.02. The second-order valence-corrected chi connectivity index (χ2v) is 5.69. The highest BCUT2D eigenvalue weighted by Gasteiger charge is 2.09. The Bertz CT molecular complexity index is 519. The molecule has 1 unspecified atom stereocenters. The summed E-state index contributed by atoms with van der Waals surface area (Å²) in [7, 11) is 1.76. The van der Waals surface area contributed by atoms with Gasteiger partial charge in [-0.25, -0.2) is 0 Å². The molecule has 0 aliphatic rings. The number of amides is 1. The Hall–Kier alpha value is -1.31. The highest BCUT2D eigenvalue weighted by molar-refractivity contribution is 14.0. The molecule has 6 heteroatoms. The van der Waals surface area contributed by atoms with E-state index in [-0.39, 0.29) is 35.9 Å². The van der Waals surface area contributed by atoms with Gasteiger partial charge in [0.25, 0.3) is 5.91 Å². The molecular weight excluding hydrogens is 415 g/mol. The molecule has 0 aliphatic carbocycles. The summed E-state index contributed by atoms with van der Waals surface area (Å²) >= 11 is 0. The first-order valence-electron chi connectivity index (χ1n) is 8.45. The molecule has 5 nitrogen and oxygen atoms in total. The maximum atomic E-state index is 12.2. The lowest BCUT2D eigenvalue weighted by Gasteiger charge is -2.13. The maximum absolute atomic E-state index is 12.2. The van der Waals surface area contributed by atoms with Crippen LogP contribution in [0.4, 0.5) is 0 Å². The smallest absolute Gasteiger partial charge is 0.251 e. The molecule has 0 aliphatic heterocycles. The number of nitrogens with zero attached hydrogens (tertiary/aromatic N) is 1. The Morgan fingerprint density at radius 1 is 1.25 bits per heavy atom. The van der Waals surface area contributed by atoms with Crippen LogP contribution in [0.15, 0.2) is 29.3 Å². The van der Waals surface area contributed by atoms with Crippen molar-refractivity contribution >= 4 is 35.8 Å². The molecule has 0 fully saturated rings. The van der Waals surface area contributed by atoms with Crippen molar-refractivity contribution in [3.63, 3.8) is 0 Å². The number of nitrogens with one attached hydrogen (secondary N) is 3. The highest BCUT2D eigenvalue weighted by Crippen LogP contribution is 2.06. The summed E-state index contributed by atoms with van der Waals surface area (Å²) in [6.07, 6.45) is 3.19. The zero-order valence-electron chi connectivity index (χ0n) is 15.2. The number of unbranched alkanes of at least 4 members (excludes halogenated alkanes) is 1. The van der Waals surface area contributed by atoms with Crippen molar-refractivity contribution in [1.29, 1.82) is 0 Å². The third kappa shape index (κ3) is 8.52. The predicted octanol–water partition coefficient (Wildman–Crippen LogP) is 3.30. The topological polar surface area (TPSA) is 65.5 Å². The molecule has 3 N–H and O–H groups in total. The van der Waals surface area contributed by atoms with Crippen LogP contribution in [-0.4, -0.2) is 31.5 Å². The molecule has 1 aromatic rings. The Kier molecular flexibility index (Phi) is 12.3. The molecule has 0 saturated heterocycles. The van der Waals surface area contributed by atoms with E-state index in [9.17, 15) is 4.79 Å². The summed E-state index contributed by atoms with van der Waals surface area (Å²) in [5.74, 6) is 0.763. The monoisotopic (exact) mass is 446 g/mol. The normalized spacial score (nSPS) is 12.1. The molecule has 0 spiro atoms. The molecule has 1 atom stereocenters. The van der Waals surface area contributed by atoms with Gasteiger partial charge < -0.3 is 16.0 Å². The zero-order chi connectivity index (χ0) is 17.1. The molecule has 0 heterocycles. The van der Waals surface area contributed by atoms with Gasteiger partial charge in [-0.2, -0.15) is 0 Å². The van der Waals surface area contributed by atoms with Crippen molar-refractivity contribution < 1.29 is 4.79 Å². The van der Waals surface area contributed by atoms with Crippen LogP contribution in [0.25, 0.3) is 0 Å². The average molecular weight is 446 g/mol. The van der Waals surface area contributed by atoms with Gasteiger partial charge >= 0.3 is 0 Å². The largest absolute Gasteiger partial charge is 0.356 e. The molecule has 0 aromatic heterocycles. The molecule has 136 valence electrons. The lowest BCUT2D eigenvalue weighted by molar-refractivity contribution is 0.0939. The van der Waals surface area contributed by atoms with E-state index in [1.165, 1.54) is 0 Å². The molecule has 1 aromatic carbocycles. The fraction of sp³-hybridized carbons (Fsp3) is 0.556. The van der Waals surface area contributed by atoms with Crippen molar-refractivity contribution in [2.24, 2.45) is 4.99 Å². The van der Waals surface area contributed by atoms with E-state index >= 15 is 0 Å². The highest BCUT2D eigenvalue weighted by atomic mass is 127. The van der Waals surface area contributed by atoms with E-state index in [1.807, 2.05) is 31.2 Å². The van der Waals surface area contributed by atoms with Gasteiger partial charge in [-0.3, -0.25) is 9.79 Å². The van der Waals surface area contributed by atoms with Gasteiger partial charge in [-0.05, 0) is 37.5 Å². The summed E-state index contributed by atoms with van der Waals surface area (Å²) in [5.41, 5.74) is 1.75. The van der Waals surface area contributed by atoms with Crippen LogP contribution in [-0.2, 0) is 6.54 Å². The standard InChI is InChI=1S/C18H30N4O.HI/c1-5-7-11-20-18(19-4)21-13-15-9-8-10-16(12-15)17(23)22-14(3)6-2;/h8-10,12,14H,5-7,11,13H2,1-4H3,(H,22,23)(H2,19,20,21);1H. The number of benzene rings is 1. The molecule has 0 bridgehead atoms. The lowest BCUT2D eigenvalue weighted by atomic mass is 10.1. The Morgan fingerprint density at radius 2 is 2.00 bits per heavy atom. The van der Waals surface area contributed by atoms with Crippen molar-refractivity contribution in [3.8, 4) is 0 Å². The Morgan fingerprint density at radius 3 is 2.62 bits per heavy atom. The third-order valence-electron chi connectivity index (χ3n) is 3.69. The van der Waals surface area contributed by atoms with Gasteiger partial charge in [0.15, 0.2) is 5.96 Å². The Labute approximate surface area is 163 Å². The number of carbonyl (C=O) groups is 1. The summed E-state index contributed by atoms with van der Waals surface area (Å²) < 4.78 is 0. The van der Waals surface area contributed by atoms with Crippen LogP contribution >= 0.6 is 24.0 Å². The number of carbonyl (C=O) groups excluding carboxylic acids is 1. The van der Waals surface area contributed by atoms with E-state index in [0.717, 1.165) is 37.3 Å². The summed E-state index contributed by atoms with van der Waals surface area (Å²) in [5, 5.41) is 9.53. The van der Waals surface area contributed by atoms with Crippen LogP contribution in [0.3, 0.4) is 0 Å². The van der Waals surface area contributed by atoms with Crippen molar-refractivity contribution in [1.82, 2.24) is 16.0 Å². The predicted molar refractivity (Wildman–Crippen MR) is 112 cm³/mol. The fourth-order valence-electron chi connectivity index (χ4n) is 2.02. The lowest BCUT2D eigenvalue weighted by Crippen LogP contribution is -2.37. The zero-order valence-corrected chi connectivity index (χ0v) is 17.5. The maximum Gasteiger partial charge on any atom is 0.251 e. The number of halogens is 1. The van der Waals surface area contributed by atoms with Crippen molar-refractivity contribution in [3.05, 3.63) is 35.4 Å². The quantitative estimate of drug-likeness (QED) is 0.249. The second-order valence-electron chi connectivity index (χ2n) is 5.69. The molecular formula is C18H31IN4O. The van der Waals surface area contributed by atoms with Gasteiger partial charge in [0.05, 0.1) is 0 Å². The van der Waals surface area contributed by atoms with Crippen LogP contribution in [0.1, 0.15) is 56.0 Å². The van der Waals surface area contributed by atoms with Gasteiger partial charge in [0, 0.05) is 31.7 Å². The Balaban J connectivity index is 0.00000529. The third-order valence-corrected chi connectivity index (χ3v) is 3.69. The van der Waals surface area contributed by atoms with E-state index in [0.29, 0.717) is 12.1 Å². The number of aliphatic imine (C=N–C) groups is 1. The minimum Gasteiger partial charge on any atom is -0.356 e. The number of hydrogen-bond donors (Lipinski definition) is 3.